The second-order valence-corrected chi connectivity index (χ2v) is 8.00. The van der Waals surface area contributed by atoms with Crippen LogP contribution >= 0.6 is 11.3 Å². The number of hydrogen-bond acceptors (Lipinski definition) is 6. The first-order chi connectivity index (χ1) is 14.2. The Morgan fingerprint density at radius 2 is 2.00 bits per heavy atom. The van der Waals surface area contributed by atoms with E-state index >= 15 is 0 Å². The monoisotopic (exact) mass is 405 g/mol. The summed E-state index contributed by atoms with van der Waals surface area (Å²) in [5.74, 6) is 1.52. The van der Waals surface area contributed by atoms with Gasteiger partial charge in [0.15, 0.2) is 0 Å². The van der Waals surface area contributed by atoms with Crippen molar-refractivity contribution in [1.29, 1.82) is 0 Å². The summed E-state index contributed by atoms with van der Waals surface area (Å²) in [7, 11) is 1.62. The van der Waals surface area contributed by atoms with Gasteiger partial charge in [0.05, 0.1) is 23.6 Å². The molecule has 0 aliphatic carbocycles. The number of fused-ring (bicyclic) bond motifs is 3. The Balaban J connectivity index is 1.53. The van der Waals surface area contributed by atoms with Crippen molar-refractivity contribution in [3.05, 3.63) is 80.8 Å². The molecular formula is C23H19NO4S. The van der Waals surface area contributed by atoms with Crippen LogP contribution in [0.15, 0.2) is 69.4 Å². The molecule has 146 valence electrons. The fraction of sp³-hybridized carbons (Fsp3) is 0.174. The van der Waals surface area contributed by atoms with E-state index in [1.807, 2.05) is 36.4 Å². The normalized spacial score (nSPS) is 13.8. The Labute approximate surface area is 171 Å². The number of thiophene rings is 1. The Morgan fingerprint density at radius 1 is 1.14 bits per heavy atom. The number of nitrogens with zero attached hydrogens (tertiary/aromatic N) is 1. The summed E-state index contributed by atoms with van der Waals surface area (Å²) in [6.45, 7) is 2.00. The van der Waals surface area contributed by atoms with Crippen LogP contribution in [0.3, 0.4) is 0 Å². The molecule has 0 unspecified atom stereocenters. The predicted octanol–water partition coefficient (Wildman–Crippen LogP) is 4.88. The number of methoxy groups -OCH3 is 1. The summed E-state index contributed by atoms with van der Waals surface area (Å²) in [6.07, 6.45) is 1.55. The highest BCUT2D eigenvalue weighted by Gasteiger charge is 2.23. The average molecular weight is 405 g/mol. The zero-order valence-corrected chi connectivity index (χ0v) is 16.7. The Hall–Kier alpha value is -3.09. The van der Waals surface area contributed by atoms with Crippen molar-refractivity contribution in [1.82, 2.24) is 4.90 Å². The molecule has 0 radical (unpaired) electrons. The number of rotatable bonds is 4. The maximum absolute atomic E-state index is 13.2. The summed E-state index contributed by atoms with van der Waals surface area (Å²) in [4.78, 5) is 16.6. The van der Waals surface area contributed by atoms with Gasteiger partial charge >= 0.3 is 0 Å². The molecule has 0 bridgehead atoms. The quantitative estimate of drug-likeness (QED) is 0.484. The van der Waals surface area contributed by atoms with Crippen molar-refractivity contribution in [3.63, 3.8) is 0 Å². The molecule has 6 heteroatoms. The van der Waals surface area contributed by atoms with Crippen LogP contribution in [0.1, 0.15) is 10.4 Å². The van der Waals surface area contributed by atoms with Gasteiger partial charge in [0, 0.05) is 18.0 Å². The third-order valence-electron chi connectivity index (χ3n) is 5.15. The van der Waals surface area contributed by atoms with Gasteiger partial charge in [-0.25, -0.2) is 0 Å². The van der Waals surface area contributed by atoms with Crippen LogP contribution in [0.4, 0.5) is 0 Å². The van der Waals surface area contributed by atoms with Crippen molar-refractivity contribution in [2.24, 2.45) is 0 Å². The molecule has 0 saturated heterocycles. The summed E-state index contributed by atoms with van der Waals surface area (Å²) >= 11 is 1.73. The van der Waals surface area contributed by atoms with E-state index in [1.54, 1.807) is 30.8 Å². The molecule has 0 N–H and O–H groups in total. The first kappa shape index (κ1) is 18.0. The van der Waals surface area contributed by atoms with E-state index in [2.05, 4.69) is 16.3 Å². The van der Waals surface area contributed by atoms with E-state index < -0.39 is 0 Å². The van der Waals surface area contributed by atoms with Gasteiger partial charge in [-0.15, -0.1) is 11.3 Å². The molecule has 0 atom stereocenters. The average Bonchev–Trinajstić information content (AvgIpc) is 3.27. The largest absolute Gasteiger partial charge is 0.497 e. The van der Waals surface area contributed by atoms with Crippen LogP contribution in [0.5, 0.6) is 11.5 Å². The zero-order chi connectivity index (χ0) is 19.8. The molecule has 4 aromatic rings. The predicted molar refractivity (Wildman–Crippen MR) is 114 cm³/mol. The molecule has 29 heavy (non-hydrogen) atoms. The van der Waals surface area contributed by atoms with Gasteiger partial charge in [-0.05, 0) is 41.3 Å². The number of hydrogen-bond donors (Lipinski definition) is 0. The van der Waals surface area contributed by atoms with E-state index in [4.69, 9.17) is 13.9 Å². The van der Waals surface area contributed by atoms with E-state index in [-0.39, 0.29) is 5.43 Å². The highest BCUT2D eigenvalue weighted by Crippen LogP contribution is 2.33. The van der Waals surface area contributed by atoms with E-state index in [1.165, 1.54) is 4.88 Å². The summed E-state index contributed by atoms with van der Waals surface area (Å²) in [6, 6.07) is 15.2. The van der Waals surface area contributed by atoms with Gasteiger partial charge in [-0.2, -0.15) is 0 Å². The lowest BCUT2D eigenvalue weighted by atomic mass is 10.0. The third kappa shape index (κ3) is 3.30. The Bertz CT molecular complexity index is 1210. The molecule has 5 rings (SSSR count). The van der Waals surface area contributed by atoms with Gasteiger partial charge in [-0.3, -0.25) is 9.69 Å². The highest BCUT2D eigenvalue weighted by atomic mass is 32.1. The standard InChI is InChI=1S/C23H19NO4S/c1-26-16-6-4-15(5-7-16)20-13-27-23-18(22(20)25)8-9-21-19(23)12-24(14-28-21)11-17-3-2-10-29-17/h2-10,13H,11-12,14H2,1H3. The highest BCUT2D eigenvalue weighted by molar-refractivity contribution is 7.09. The Morgan fingerprint density at radius 3 is 2.76 bits per heavy atom. The molecule has 3 heterocycles. The van der Waals surface area contributed by atoms with Gasteiger partial charge in [0.25, 0.3) is 0 Å². The number of benzene rings is 2. The lowest BCUT2D eigenvalue weighted by Gasteiger charge is -2.28. The van der Waals surface area contributed by atoms with Crippen LogP contribution in [0.2, 0.25) is 0 Å². The van der Waals surface area contributed by atoms with Gasteiger partial charge in [-0.1, -0.05) is 18.2 Å². The fourth-order valence-electron chi connectivity index (χ4n) is 3.65. The van der Waals surface area contributed by atoms with Gasteiger partial charge in [0.1, 0.15) is 30.1 Å². The van der Waals surface area contributed by atoms with Crippen LogP contribution in [0, 0.1) is 0 Å². The van der Waals surface area contributed by atoms with Crippen LogP contribution in [-0.2, 0) is 13.1 Å². The fourth-order valence-corrected chi connectivity index (χ4v) is 4.40. The lowest BCUT2D eigenvalue weighted by Crippen LogP contribution is -2.31. The maximum atomic E-state index is 13.2. The lowest BCUT2D eigenvalue weighted by molar-refractivity contribution is 0.0899. The molecular weight excluding hydrogens is 386 g/mol. The topological polar surface area (TPSA) is 51.9 Å². The molecule has 0 saturated carbocycles. The molecule has 2 aromatic carbocycles. The zero-order valence-electron chi connectivity index (χ0n) is 15.9. The van der Waals surface area contributed by atoms with Crippen molar-refractivity contribution in [2.45, 2.75) is 13.1 Å². The van der Waals surface area contributed by atoms with Crippen LogP contribution in [0.25, 0.3) is 22.1 Å². The number of ether oxygens (including phenoxy) is 2. The van der Waals surface area contributed by atoms with Crippen LogP contribution in [-0.4, -0.2) is 18.7 Å². The molecule has 1 aliphatic heterocycles. The molecule has 1 aliphatic rings. The Kier molecular flexibility index (Phi) is 4.58. The second-order valence-electron chi connectivity index (χ2n) is 6.97. The summed E-state index contributed by atoms with van der Waals surface area (Å²) < 4.78 is 17.1. The summed E-state index contributed by atoms with van der Waals surface area (Å²) in [5, 5.41) is 2.64. The second kappa shape index (κ2) is 7.39. The van der Waals surface area contributed by atoms with Crippen molar-refractivity contribution >= 4 is 22.3 Å². The van der Waals surface area contributed by atoms with E-state index in [0.29, 0.717) is 29.8 Å². The SMILES string of the molecule is COc1ccc(-c2coc3c4c(ccc3c2=O)OCN(Cc2cccs2)C4)cc1. The van der Waals surface area contributed by atoms with Crippen molar-refractivity contribution < 1.29 is 13.9 Å². The first-order valence-corrected chi connectivity index (χ1v) is 10.2. The van der Waals surface area contributed by atoms with Crippen molar-refractivity contribution in [3.8, 4) is 22.6 Å². The third-order valence-corrected chi connectivity index (χ3v) is 6.01. The maximum Gasteiger partial charge on any atom is 0.200 e. The molecule has 5 nitrogen and oxygen atoms in total. The molecule has 0 amide bonds. The van der Waals surface area contributed by atoms with Crippen molar-refractivity contribution in [2.75, 3.05) is 13.8 Å². The first-order valence-electron chi connectivity index (χ1n) is 9.32. The van der Waals surface area contributed by atoms with Gasteiger partial charge in [0.2, 0.25) is 5.43 Å². The van der Waals surface area contributed by atoms with E-state index in [9.17, 15) is 4.79 Å². The minimum absolute atomic E-state index is 0.0467. The molecule has 0 fully saturated rings. The molecule has 0 spiro atoms. The summed E-state index contributed by atoms with van der Waals surface area (Å²) in [5.41, 5.74) is 2.81. The van der Waals surface area contributed by atoms with Crippen LogP contribution < -0.4 is 14.9 Å². The minimum atomic E-state index is -0.0467. The smallest absolute Gasteiger partial charge is 0.200 e. The minimum Gasteiger partial charge on any atom is -0.497 e. The molecule has 2 aromatic heterocycles. The van der Waals surface area contributed by atoms with Gasteiger partial charge < -0.3 is 13.9 Å². The van der Waals surface area contributed by atoms with E-state index in [0.717, 1.165) is 29.2 Å².